The summed E-state index contributed by atoms with van der Waals surface area (Å²) in [5, 5.41) is 5.55. The highest BCUT2D eigenvalue weighted by Gasteiger charge is 2.23. The van der Waals surface area contributed by atoms with Crippen molar-refractivity contribution in [2.75, 3.05) is 18.0 Å². The fourth-order valence-corrected chi connectivity index (χ4v) is 3.70. The van der Waals surface area contributed by atoms with Crippen molar-refractivity contribution < 1.29 is 0 Å². The molecule has 0 spiro atoms. The number of rotatable bonds is 3. The summed E-state index contributed by atoms with van der Waals surface area (Å²) in [5.41, 5.74) is 1.85. The smallest absolute Gasteiger partial charge is 0.168 e. The Morgan fingerprint density at radius 3 is 2.62 bits per heavy atom. The fraction of sp³-hybridized carbons (Fsp3) is 0.263. The molecule has 130 valence electrons. The fourth-order valence-electron chi connectivity index (χ4n) is 3.70. The summed E-state index contributed by atoms with van der Waals surface area (Å²) in [4.78, 5) is 15.6. The quantitative estimate of drug-likeness (QED) is 0.571. The molecule has 5 rings (SSSR count). The first-order valence-electron chi connectivity index (χ1n) is 8.87. The van der Waals surface area contributed by atoms with Crippen LogP contribution in [0.15, 0.2) is 61.6 Å². The van der Waals surface area contributed by atoms with Crippen molar-refractivity contribution in [2.45, 2.75) is 18.9 Å². The second kappa shape index (κ2) is 6.25. The molecule has 1 aliphatic rings. The monoisotopic (exact) mass is 345 g/mol. The number of piperidine rings is 1. The molecule has 1 fully saturated rings. The van der Waals surface area contributed by atoms with Gasteiger partial charge >= 0.3 is 0 Å². The predicted molar refractivity (Wildman–Crippen MR) is 99.4 cm³/mol. The lowest BCUT2D eigenvalue weighted by molar-refractivity contribution is 0.395. The average Bonchev–Trinajstić information content (AvgIpc) is 3.39. The third-order valence-corrected chi connectivity index (χ3v) is 5.06. The van der Waals surface area contributed by atoms with Crippen LogP contribution in [-0.4, -0.2) is 42.4 Å². The van der Waals surface area contributed by atoms with E-state index in [4.69, 9.17) is 0 Å². The predicted octanol–water partition coefficient (Wildman–Crippen LogP) is 2.85. The van der Waals surface area contributed by atoms with E-state index >= 15 is 0 Å². The van der Waals surface area contributed by atoms with Crippen molar-refractivity contribution in [3.63, 3.8) is 0 Å². The molecule has 0 atom stereocenters. The number of imidazole rings is 1. The molecule has 0 radical (unpaired) electrons. The van der Waals surface area contributed by atoms with Crippen molar-refractivity contribution in [1.82, 2.24) is 29.3 Å². The van der Waals surface area contributed by atoms with Crippen molar-refractivity contribution in [2.24, 2.45) is 0 Å². The van der Waals surface area contributed by atoms with Gasteiger partial charge in [0.15, 0.2) is 5.65 Å². The summed E-state index contributed by atoms with van der Waals surface area (Å²) >= 11 is 0. The third-order valence-electron chi connectivity index (χ3n) is 5.06. The van der Waals surface area contributed by atoms with Gasteiger partial charge < -0.3 is 9.47 Å². The molecule has 0 saturated carbocycles. The largest absolute Gasteiger partial charge is 0.356 e. The lowest BCUT2D eigenvalue weighted by Gasteiger charge is -2.33. The van der Waals surface area contributed by atoms with Crippen molar-refractivity contribution in [3.8, 4) is 5.69 Å². The number of benzene rings is 1. The Labute approximate surface area is 150 Å². The van der Waals surface area contributed by atoms with E-state index in [1.807, 2.05) is 59.9 Å². The van der Waals surface area contributed by atoms with Crippen LogP contribution in [-0.2, 0) is 0 Å². The highest BCUT2D eigenvalue weighted by atomic mass is 15.3. The molecular weight excluding hydrogens is 326 g/mol. The third kappa shape index (κ3) is 2.52. The van der Waals surface area contributed by atoms with Crippen LogP contribution in [0.2, 0.25) is 0 Å². The molecule has 0 aliphatic carbocycles. The van der Waals surface area contributed by atoms with Gasteiger partial charge in [0.05, 0.1) is 23.6 Å². The summed E-state index contributed by atoms with van der Waals surface area (Å²) in [6.07, 6.45) is 11.5. The van der Waals surface area contributed by atoms with Crippen LogP contribution in [0.4, 0.5) is 5.82 Å². The maximum absolute atomic E-state index is 4.57. The molecule has 0 bridgehead atoms. The Morgan fingerprint density at radius 1 is 1.00 bits per heavy atom. The van der Waals surface area contributed by atoms with Gasteiger partial charge in [-0.3, -0.25) is 0 Å². The number of anilines is 1. The number of nitrogens with zero attached hydrogens (tertiary/aromatic N) is 7. The normalized spacial score (nSPS) is 15.6. The van der Waals surface area contributed by atoms with Gasteiger partial charge in [-0.05, 0) is 25.0 Å². The van der Waals surface area contributed by atoms with E-state index in [0.717, 1.165) is 48.5 Å². The van der Waals surface area contributed by atoms with Crippen LogP contribution in [0.5, 0.6) is 0 Å². The number of hydrogen-bond acceptors (Lipinski definition) is 5. The number of hydrogen-bond donors (Lipinski definition) is 0. The van der Waals surface area contributed by atoms with Crippen LogP contribution in [0.3, 0.4) is 0 Å². The summed E-state index contributed by atoms with van der Waals surface area (Å²) in [6, 6.07) is 10.6. The van der Waals surface area contributed by atoms with Crippen LogP contribution in [0, 0.1) is 0 Å². The summed E-state index contributed by atoms with van der Waals surface area (Å²) in [6.45, 7) is 1.93. The van der Waals surface area contributed by atoms with E-state index in [0.29, 0.717) is 6.04 Å². The van der Waals surface area contributed by atoms with E-state index < -0.39 is 0 Å². The summed E-state index contributed by atoms with van der Waals surface area (Å²) in [7, 11) is 0. The molecule has 0 N–H and O–H groups in total. The van der Waals surface area contributed by atoms with Crippen LogP contribution in [0.25, 0.3) is 16.7 Å². The lowest BCUT2D eigenvalue weighted by atomic mass is 10.0. The minimum absolute atomic E-state index is 0.512. The SMILES string of the molecule is c1ccc(-n2ncc3c(N4CCC(n5ccnc5)CC4)ncnc32)cc1. The standard InChI is InChI=1S/C19H19N7/c1-2-4-16(5-3-1)26-19-17(12-23-26)18(21-13-22-19)24-9-6-15(7-10-24)25-11-8-20-14-25/h1-5,8,11-15H,6-7,9-10H2. The summed E-state index contributed by atoms with van der Waals surface area (Å²) < 4.78 is 4.08. The molecule has 26 heavy (non-hydrogen) atoms. The van der Waals surface area contributed by atoms with E-state index in [1.165, 1.54) is 0 Å². The van der Waals surface area contributed by atoms with Crippen LogP contribution < -0.4 is 4.90 Å². The van der Waals surface area contributed by atoms with E-state index in [2.05, 4.69) is 29.5 Å². The highest BCUT2D eigenvalue weighted by molar-refractivity contribution is 5.87. The van der Waals surface area contributed by atoms with Crippen LogP contribution in [0.1, 0.15) is 18.9 Å². The van der Waals surface area contributed by atoms with Gasteiger partial charge in [-0.25, -0.2) is 19.6 Å². The van der Waals surface area contributed by atoms with Gasteiger partial charge in [-0.15, -0.1) is 0 Å². The van der Waals surface area contributed by atoms with Gasteiger partial charge in [-0.2, -0.15) is 5.10 Å². The zero-order chi connectivity index (χ0) is 17.3. The number of para-hydroxylation sites is 1. The zero-order valence-corrected chi connectivity index (χ0v) is 14.3. The molecular formula is C19H19N7. The molecule has 1 aromatic carbocycles. The van der Waals surface area contributed by atoms with Crippen molar-refractivity contribution in [3.05, 3.63) is 61.6 Å². The van der Waals surface area contributed by atoms with E-state index in [1.54, 1.807) is 6.33 Å². The van der Waals surface area contributed by atoms with Crippen molar-refractivity contribution in [1.29, 1.82) is 0 Å². The number of aromatic nitrogens is 6. The summed E-state index contributed by atoms with van der Waals surface area (Å²) in [5.74, 6) is 0.973. The first-order chi connectivity index (χ1) is 12.9. The molecule has 1 aliphatic heterocycles. The van der Waals surface area contributed by atoms with Gasteiger partial charge in [0.1, 0.15) is 12.1 Å². The molecule has 7 heteroatoms. The van der Waals surface area contributed by atoms with Crippen LogP contribution >= 0.6 is 0 Å². The average molecular weight is 345 g/mol. The first-order valence-corrected chi connectivity index (χ1v) is 8.87. The maximum Gasteiger partial charge on any atom is 0.168 e. The Kier molecular flexibility index (Phi) is 3.62. The minimum Gasteiger partial charge on any atom is -0.356 e. The van der Waals surface area contributed by atoms with E-state index in [-0.39, 0.29) is 0 Å². The molecule has 0 amide bonds. The highest BCUT2D eigenvalue weighted by Crippen LogP contribution is 2.29. The Morgan fingerprint density at radius 2 is 1.85 bits per heavy atom. The number of fused-ring (bicyclic) bond motifs is 1. The molecule has 3 aromatic heterocycles. The topological polar surface area (TPSA) is 64.7 Å². The second-order valence-corrected chi connectivity index (χ2v) is 6.55. The Hall–Kier alpha value is -3.22. The first kappa shape index (κ1) is 15.1. The van der Waals surface area contributed by atoms with Crippen molar-refractivity contribution >= 4 is 16.9 Å². The van der Waals surface area contributed by atoms with Gasteiger partial charge in [0.25, 0.3) is 0 Å². The Balaban J connectivity index is 1.44. The Bertz CT molecular complexity index is 999. The maximum atomic E-state index is 4.57. The van der Waals surface area contributed by atoms with Gasteiger partial charge in [0.2, 0.25) is 0 Å². The molecule has 4 heterocycles. The van der Waals surface area contributed by atoms with Gasteiger partial charge in [-0.1, -0.05) is 18.2 Å². The van der Waals surface area contributed by atoms with Gasteiger partial charge in [0, 0.05) is 31.5 Å². The van der Waals surface area contributed by atoms with E-state index in [9.17, 15) is 0 Å². The minimum atomic E-state index is 0.512. The lowest BCUT2D eigenvalue weighted by Crippen LogP contribution is -2.35. The molecule has 4 aromatic rings. The zero-order valence-electron chi connectivity index (χ0n) is 14.3. The second-order valence-electron chi connectivity index (χ2n) is 6.55. The molecule has 7 nitrogen and oxygen atoms in total. The molecule has 0 unspecified atom stereocenters. The molecule has 1 saturated heterocycles.